The summed E-state index contributed by atoms with van der Waals surface area (Å²) >= 11 is 0. The Hall–Kier alpha value is -1.80. The predicted octanol–water partition coefficient (Wildman–Crippen LogP) is 3.57. The molecule has 1 heterocycles. The van der Waals surface area contributed by atoms with E-state index in [1.165, 1.54) is 16.8 Å². The molecule has 0 aliphatic rings. The first kappa shape index (κ1) is 13.6. The third kappa shape index (κ3) is 4.11. The fraction of sp³-hybridized carbons (Fsp3) is 0.294. The van der Waals surface area contributed by atoms with Crippen LogP contribution in [0.25, 0.3) is 6.08 Å². The topological polar surface area (TPSA) is 8.17 Å². The molecule has 0 spiro atoms. The molecule has 0 saturated heterocycles. The summed E-state index contributed by atoms with van der Waals surface area (Å²) in [5.41, 5.74) is 3.92. The number of nitrogens with zero attached hydrogens (tertiary/aromatic N) is 2. The number of hydrogen-bond donors (Lipinski definition) is 0. The Labute approximate surface area is 116 Å². The summed E-state index contributed by atoms with van der Waals surface area (Å²) in [5.74, 6) is 0. The lowest BCUT2D eigenvalue weighted by molar-refractivity contribution is 0.402. The lowest BCUT2D eigenvalue weighted by atomic mass is 10.1. The number of rotatable bonds is 5. The molecule has 2 heteroatoms. The van der Waals surface area contributed by atoms with Crippen molar-refractivity contribution in [3.8, 4) is 0 Å². The Morgan fingerprint density at radius 2 is 2.00 bits per heavy atom. The van der Waals surface area contributed by atoms with Crippen LogP contribution < -0.4 is 0 Å². The van der Waals surface area contributed by atoms with Crippen LogP contribution in [-0.2, 0) is 13.1 Å². The molecule has 2 nitrogen and oxygen atoms in total. The van der Waals surface area contributed by atoms with E-state index >= 15 is 0 Å². The molecule has 100 valence electrons. The minimum Gasteiger partial charge on any atom is -0.348 e. The zero-order valence-electron chi connectivity index (χ0n) is 12.0. The zero-order valence-corrected chi connectivity index (χ0v) is 12.0. The first-order valence-electron chi connectivity index (χ1n) is 6.67. The monoisotopic (exact) mass is 254 g/mol. The van der Waals surface area contributed by atoms with Crippen LogP contribution in [0.2, 0.25) is 0 Å². The van der Waals surface area contributed by atoms with Gasteiger partial charge >= 0.3 is 0 Å². The summed E-state index contributed by atoms with van der Waals surface area (Å²) in [7, 11) is 4.19. The summed E-state index contributed by atoms with van der Waals surface area (Å²) < 4.78 is 2.24. The second kappa shape index (κ2) is 6.39. The van der Waals surface area contributed by atoms with E-state index in [0.717, 1.165) is 13.1 Å². The average molecular weight is 254 g/mol. The molecule has 0 unspecified atom stereocenters. The second-order valence-electron chi connectivity index (χ2n) is 5.19. The van der Waals surface area contributed by atoms with Gasteiger partial charge in [0.25, 0.3) is 0 Å². The standard InChI is InChI=1S/C17H22N2/c1-15-7-5-11-19(15)12-6-10-16-8-4-9-17(13-16)14-18(2)3/h4-11,13H,12,14H2,1-3H3/b10-6+. The fourth-order valence-corrected chi connectivity index (χ4v) is 2.17. The predicted molar refractivity (Wildman–Crippen MR) is 82.0 cm³/mol. The van der Waals surface area contributed by atoms with E-state index in [1.54, 1.807) is 0 Å². The Morgan fingerprint density at radius 1 is 1.16 bits per heavy atom. The number of benzene rings is 1. The largest absolute Gasteiger partial charge is 0.348 e. The van der Waals surface area contributed by atoms with Crippen molar-refractivity contribution < 1.29 is 0 Å². The summed E-state index contributed by atoms with van der Waals surface area (Å²) in [5, 5.41) is 0. The Kier molecular flexibility index (Phi) is 4.58. The summed E-state index contributed by atoms with van der Waals surface area (Å²) in [6.45, 7) is 4.04. The van der Waals surface area contributed by atoms with Gasteiger partial charge in [0.2, 0.25) is 0 Å². The highest BCUT2D eigenvalue weighted by Crippen LogP contribution is 2.09. The van der Waals surface area contributed by atoms with Crippen molar-refractivity contribution in [3.63, 3.8) is 0 Å². The van der Waals surface area contributed by atoms with E-state index in [2.05, 4.69) is 85.2 Å². The van der Waals surface area contributed by atoms with Gasteiger partial charge in [0, 0.05) is 25.0 Å². The molecule has 0 amide bonds. The van der Waals surface area contributed by atoms with E-state index in [0.29, 0.717) is 0 Å². The minimum atomic E-state index is 0.927. The van der Waals surface area contributed by atoms with Gasteiger partial charge in [-0.15, -0.1) is 0 Å². The maximum Gasteiger partial charge on any atom is 0.0406 e. The van der Waals surface area contributed by atoms with Crippen LogP contribution in [0.4, 0.5) is 0 Å². The first-order valence-corrected chi connectivity index (χ1v) is 6.67. The highest BCUT2D eigenvalue weighted by Gasteiger charge is 1.96. The van der Waals surface area contributed by atoms with Crippen LogP contribution in [0.15, 0.2) is 48.7 Å². The molecule has 0 fully saturated rings. The van der Waals surface area contributed by atoms with Crippen LogP contribution in [0, 0.1) is 6.92 Å². The molecule has 0 N–H and O–H groups in total. The lowest BCUT2D eigenvalue weighted by Gasteiger charge is -2.09. The SMILES string of the molecule is Cc1cccn1C/C=C/c1cccc(CN(C)C)c1. The molecule has 0 aliphatic carbocycles. The molecule has 1 aromatic heterocycles. The zero-order chi connectivity index (χ0) is 13.7. The number of allylic oxidation sites excluding steroid dienone is 1. The van der Waals surface area contributed by atoms with Crippen molar-refractivity contribution in [2.75, 3.05) is 14.1 Å². The molecule has 0 radical (unpaired) electrons. The normalized spacial score (nSPS) is 11.6. The van der Waals surface area contributed by atoms with Gasteiger partial charge in [0.05, 0.1) is 0 Å². The van der Waals surface area contributed by atoms with Crippen molar-refractivity contribution in [1.29, 1.82) is 0 Å². The summed E-state index contributed by atoms with van der Waals surface area (Å²) in [4.78, 5) is 2.19. The van der Waals surface area contributed by atoms with Crippen molar-refractivity contribution >= 4 is 6.08 Å². The lowest BCUT2D eigenvalue weighted by Crippen LogP contribution is -2.10. The van der Waals surface area contributed by atoms with Crippen LogP contribution in [-0.4, -0.2) is 23.6 Å². The van der Waals surface area contributed by atoms with Gasteiger partial charge in [-0.25, -0.2) is 0 Å². The van der Waals surface area contributed by atoms with Gasteiger partial charge in [-0.1, -0.05) is 36.4 Å². The third-order valence-electron chi connectivity index (χ3n) is 3.12. The molecule has 0 atom stereocenters. The summed E-state index contributed by atoms with van der Waals surface area (Å²) in [6, 6.07) is 12.9. The number of aryl methyl sites for hydroxylation is 1. The van der Waals surface area contributed by atoms with E-state index in [1.807, 2.05) is 0 Å². The maximum atomic E-state index is 2.25. The Balaban J connectivity index is 2.00. The number of hydrogen-bond acceptors (Lipinski definition) is 1. The van der Waals surface area contributed by atoms with Crippen molar-refractivity contribution in [2.24, 2.45) is 0 Å². The molecular formula is C17H22N2. The highest BCUT2D eigenvalue weighted by molar-refractivity contribution is 5.50. The van der Waals surface area contributed by atoms with E-state index in [9.17, 15) is 0 Å². The molecule has 2 aromatic rings. The van der Waals surface area contributed by atoms with E-state index in [-0.39, 0.29) is 0 Å². The maximum absolute atomic E-state index is 2.25. The van der Waals surface area contributed by atoms with E-state index in [4.69, 9.17) is 0 Å². The van der Waals surface area contributed by atoms with Gasteiger partial charge in [0.15, 0.2) is 0 Å². The van der Waals surface area contributed by atoms with Crippen molar-refractivity contribution in [1.82, 2.24) is 9.47 Å². The van der Waals surface area contributed by atoms with Gasteiger partial charge in [-0.2, -0.15) is 0 Å². The molecule has 0 bridgehead atoms. The van der Waals surface area contributed by atoms with Crippen LogP contribution in [0.3, 0.4) is 0 Å². The molecule has 1 aromatic carbocycles. The van der Waals surface area contributed by atoms with Crippen molar-refractivity contribution in [3.05, 3.63) is 65.5 Å². The minimum absolute atomic E-state index is 0.927. The molecule has 0 aliphatic heterocycles. The number of aromatic nitrogens is 1. The highest BCUT2D eigenvalue weighted by atomic mass is 15.0. The Morgan fingerprint density at radius 3 is 2.68 bits per heavy atom. The van der Waals surface area contributed by atoms with Gasteiger partial charge in [-0.05, 0) is 44.3 Å². The second-order valence-corrected chi connectivity index (χ2v) is 5.19. The third-order valence-corrected chi connectivity index (χ3v) is 3.12. The Bertz CT molecular complexity index is 550. The smallest absolute Gasteiger partial charge is 0.0406 e. The van der Waals surface area contributed by atoms with Crippen LogP contribution in [0.5, 0.6) is 0 Å². The van der Waals surface area contributed by atoms with Gasteiger partial charge < -0.3 is 9.47 Å². The summed E-state index contributed by atoms with van der Waals surface area (Å²) in [6.07, 6.45) is 6.52. The molecule has 19 heavy (non-hydrogen) atoms. The molecule has 0 saturated carbocycles. The molecular weight excluding hydrogens is 232 g/mol. The molecule has 2 rings (SSSR count). The van der Waals surface area contributed by atoms with Gasteiger partial charge in [0.1, 0.15) is 0 Å². The fourth-order valence-electron chi connectivity index (χ4n) is 2.17. The quantitative estimate of drug-likeness (QED) is 0.792. The first-order chi connectivity index (χ1) is 9.15. The van der Waals surface area contributed by atoms with Gasteiger partial charge in [-0.3, -0.25) is 0 Å². The van der Waals surface area contributed by atoms with E-state index < -0.39 is 0 Å². The van der Waals surface area contributed by atoms with Crippen molar-refractivity contribution in [2.45, 2.75) is 20.0 Å². The average Bonchev–Trinajstić information content (AvgIpc) is 2.75. The van der Waals surface area contributed by atoms with Crippen LogP contribution >= 0.6 is 0 Å². The van der Waals surface area contributed by atoms with Crippen LogP contribution in [0.1, 0.15) is 16.8 Å².